The van der Waals surface area contributed by atoms with Crippen molar-refractivity contribution in [1.29, 1.82) is 0 Å². The van der Waals surface area contributed by atoms with Gasteiger partial charge in [-0.2, -0.15) is 0 Å². The van der Waals surface area contributed by atoms with Crippen molar-refractivity contribution in [3.8, 4) is 0 Å². The van der Waals surface area contributed by atoms with Crippen LogP contribution in [0.15, 0.2) is 48.5 Å². The summed E-state index contributed by atoms with van der Waals surface area (Å²) in [6.45, 7) is 4.12. The number of benzene rings is 2. The Kier molecular flexibility index (Phi) is 4.02. The van der Waals surface area contributed by atoms with Gasteiger partial charge in [0.05, 0.1) is 5.41 Å². The molecule has 0 heterocycles. The Morgan fingerprint density at radius 3 is 2.14 bits per heavy atom. The SMILES string of the molecule is Cc1cc(C)cc(NC(=O)C2(c3ccccc3)CCCC2)c1. The number of carbonyl (C=O) groups excluding carboxylic acids is 1. The van der Waals surface area contributed by atoms with Gasteiger partial charge in [0.1, 0.15) is 0 Å². The van der Waals surface area contributed by atoms with E-state index in [-0.39, 0.29) is 11.3 Å². The van der Waals surface area contributed by atoms with Gasteiger partial charge in [0, 0.05) is 5.69 Å². The second kappa shape index (κ2) is 5.96. The zero-order valence-corrected chi connectivity index (χ0v) is 13.4. The van der Waals surface area contributed by atoms with Gasteiger partial charge in [-0.3, -0.25) is 4.79 Å². The fourth-order valence-corrected chi connectivity index (χ4v) is 3.68. The standard InChI is InChI=1S/C20H23NO/c1-15-12-16(2)14-18(13-15)21-19(22)20(10-6-7-11-20)17-8-4-3-5-9-17/h3-5,8-9,12-14H,6-7,10-11H2,1-2H3,(H,21,22). The molecular weight excluding hydrogens is 270 g/mol. The van der Waals surface area contributed by atoms with Crippen molar-refractivity contribution >= 4 is 11.6 Å². The number of nitrogens with one attached hydrogen (secondary N) is 1. The maximum atomic E-state index is 13.0. The lowest BCUT2D eigenvalue weighted by Gasteiger charge is -2.28. The van der Waals surface area contributed by atoms with Crippen LogP contribution in [0.2, 0.25) is 0 Å². The van der Waals surface area contributed by atoms with Gasteiger partial charge in [-0.05, 0) is 55.5 Å². The lowest BCUT2D eigenvalue weighted by molar-refractivity contribution is -0.121. The van der Waals surface area contributed by atoms with E-state index in [4.69, 9.17) is 0 Å². The summed E-state index contributed by atoms with van der Waals surface area (Å²) in [6, 6.07) is 16.4. The molecule has 0 radical (unpaired) electrons. The van der Waals surface area contributed by atoms with Crippen LogP contribution in [0.1, 0.15) is 42.4 Å². The number of aryl methyl sites for hydroxylation is 2. The molecule has 0 unspecified atom stereocenters. The Labute approximate surface area is 132 Å². The summed E-state index contributed by atoms with van der Waals surface area (Å²) in [5, 5.41) is 3.17. The monoisotopic (exact) mass is 293 g/mol. The summed E-state index contributed by atoms with van der Waals surface area (Å²) >= 11 is 0. The summed E-state index contributed by atoms with van der Waals surface area (Å²) in [4.78, 5) is 13.0. The van der Waals surface area contributed by atoms with Crippen LogP contribution in [-0.2, 0) is 10.2 Å². The summed E-state index contributed by atoms with van der Waals surface area (Å²) in [6.07, 6.45) is 4.12. The summed E-state index contributed by atoms with van der Waals surface area (Å²) in [5.74, 6) is 0.140. The lowest BCUT2D eigenvalue weighted by Crippen LogP contribution is -2.38. The van der Waals surface area contributed by atoms with E-state index in [2.05, 4.69) is 37.4 Å². The highest BCUT2D eigenvalue weighted by Gasteiger charge is 2.42. The molecule has 1 aliphatic carbocycles. The van der Waals surface area contributed by atoms with Crippen molar-refractivity contribution in [3.05, 3.63) is 65.2 Å². The van der Waals surface area contributed by atoms with E-state index in [0.717, 1.165) is 36.9 Å². The van der Waals surface area contributed by atoms with Gasteiger partial charge in [0.15, 0.2) is 0 Å². The maximum Gasteiger partial charge on any atom is 0.235 e. The Hall–Kier alpha value is -2.09. The smallest absolute Gasteiger partial charge is 0.235 e. The van der Waals surface area contributed by atoms with Gasteiger partial charge in [-0.1, -0.05) is 49.2 Å². The van der Waals surface area contributed by atoms with E-state index in [9.17, 15) is 4.79 Å². The minimum atomic E-state index is -0.362. The van der Waals surface area contributed by atoms with Gasteiger partial charge < -0.3 is 5.32 Å². The van der Waals surface area contributed by atoms with Crippen LogP contribution in [0.3, 0.4) is 0 Å². The van der Waals surface area contributed by atoms with Gasteiger partial charge in [-0.25, -0.2) is 0 Å². The van der Waals surface area contributed by atoms with Crippen molar-refractivity contribution in [3.63, 3.8) is 0 Å². The Balaban J connectivity index is 1.91. The molecule has 22 heavy (non-hydrogen) atoms. The number of rotatable bonds is 3. The van der Waals surface area contributed by atoms with Crippen LogP contribution < -0.4 is 5.32 Å². The first-order valence-electron chi connectivity index (χ1n) is 8.05. The average Bonchev–Trinajstić information content (AvgIpc) is 2.98. The van der Waals surface area contributed by atoms with Crippen molar-refractivity contribution < 1.29 is 4.79 Å². The van der Waals surface area contributed by atoms with Gasteiger partial charge in [-0.15, -0.1) is 0 Å². The predicted molar refractivity (Wildman–Crippen MR) is 91.1 cm³/mol. The Morgan fingerprint density at radius 1 is 0.955 bits per heavy atom. The highest BCUT2D eigenvalue weighted by atomic mass is 16.2. The van der Waals surface area contributed by atoms with E-state index in [1.54, 1.807) is 0 Å². The summed E-state index contributed by atoms with van der Waals surface area (Å²) in [5.41, 5.74) is 4.05. The molecular formula is C20H23NO. The molecule has 1 amide bonds. The number of hydrogen-bond acceptors (Lipinski definition) is 1. The first kappa shape index (κ1) is 14.8. The fourth-order valence-electron chi connectivity index (χ4n) is 3.68. The van der Waals surface area contributed by atoms with E-state index in [1.165, 1.54) is 11.1 Å². The third kappa shape index (κ3) is 2.78. The normalized spacial score (nSPS) is 16.5. The van der Waals surface area contributed by atoms with E-state index in [0.29, 0.717) is 0 Å². The number of amides is 1. The molecule has 0 saturated heterocycles. The van der Waals surface area contributed by atoms with Crippen LogP contribution in [-0.4, -0.2) is 5.91 Å². The van der Waals surface area contributed by atoms with E-state index >= 15 is 0 Å². The number of hydrogen-bond donors (Lipinski definition) is 1. The number of anilines is 1. The summed E-state index contributed by atoms with van der Waals surface area (Å²) < 4.78 is 0. The minimum absolute atomic E-state index is 0.140. The molecule has 0 spiro atoms. The van der Waals surface area contributed by atoms with Crippen molar-refractivity contribution in [1.82, 2.24) is 0 Å². The molecule has 0 atom stereocenters. The number of carbonyl (C=O) groups is 1. The molecule has 0 bridgehead atoms. The molecule has 2 nitrogen and oxygen atoms in total. The fraction of sp³-hybridized carbons (Fsp3) is 0.350. The van der Waals surface area contributed by atoms with Gasteiger partial charge >= 0.3 is 0 Å². The Morgan fingerprint density at radius 2 is 1.55 bits per heavy atom. The molecule has 2 aromatic rings. The molecule has 114 valence electrons. The highest BCUT2D eigenvalue weighted by molar-refractivity contribution is 5.99. The van der Waals surface area contributed by atoms with Crippen LogP contribution in [0.5, 0.6) is 0 Å². The summed E-state index contributed by atoms with van der Waals surface area (Å²) in [7, 11) is 0. The van der Waals surface area contributed by atoms with Crippen LogP contribution in [0.25, 0.3) is 0 Å². The second-order valence-corrected chi connectivity index (χ2v) is 6.49. The van der Waals surface area contributed by atoms with Gasteiger partial charge in [0.25, 0.3) is 0 Å². The molecule has 2 aromatic carbocycles. The molecule has 1 fully saturated rings. The van der Waals surface area contributed by atoms with Crippen LogP contribution in [0, 0.1) is 13.8 Å². The molecule has 0 aliphatic heterocycles. The third-order valence-corrected chi connectivity index (χ3v) is 4.70. The zero-order chi connectivity index (χ0) is 15.6. The van der Waals surface area contributed by atoms with Crippen molar-refractivity contribution in [2.45, 2.75) is 44.9 Å². The molecule has 1 aliphatic rings. The quantitative estimate of drug-likeness (QED) is 0.869. The molecule has 2 heteroatoms. The topological polar surface area (TPSA) is 29.1 Å². The third-order valence-electron chi connectivity index (χ3n) is 4.70. The highest BCUT2D eigenvalue weighted by Crippen LogP contribution is 2.42. The van der Waals surface area contributed by atoms with Gasteiger partial charge in [0.2, 0.25) is 5.91 Å². The average molecular weight is 293 g/mol. The molecule has 3 rings (SSSR count). The van der Waals surface area contributed by atoms with Crippen molar-refractivity contribution in [2.75, 3.05) is 5.32 Å². The van der Waals surface area contributed by atoms with E-state index in [1.807, 2.05) is 30.3 Å². The first-order chi connectivity index (χ1) is 10.6. The molecule has 0 aromatic heterocycles. The Bertz CT molecular complexity index is 649. The van der Waals surface area contributed by atoms with Crippen LogP contribution >= 0.6 is 0 Å². The maximum absolute atomic E-state index is 13.0. The predicted octanol–water partition coefficient (Wildman–Crippen LogP) is 4.75. The van der Waals surface area contributed by atoms with Crippen molar-refractivity contribution in [2.24, 2.45) is 0 Å². The minimum Gasteiger partial charge on any atom is -0.325 e. The largest absolute Gasteiger partial charge is 0.325 e. The van der Waals surface area contributed by atoms with E-state index < -0.39 is 0 Å². The van der Waals surface area contributed by atoms with Crippen LogP contribution in [0.4, 0.5) is 5.69 Å². The lowest BCUT2D eigenvalue weighted by atomic mass is 9.78. The molecule has 1 N–H and O–H groups in total. The molecule has 1 saturated carbocycles. The zero-order valence-electron chi connectivity index (χ0n) is 13.4. The second-order valence-electron chi connectivity index (χ2n) is 6.49. The first-order valence-corrected chi connectivity index (χ1v) is 8.05.